The highest BCUT2D eigenvalue weighted by Gasteiger charge is 2.17. The van der Waals surface area contributed by atoms with Crippen molar-refractivity contribution >= 4 is 38.9 Å². The minimum Gasteiger partial charge on any atom is -0.497 e. The van der Waals surface area contributed by atoms with Crippen LogP contribution < -0.4 is 14.8 Å². The van der Waals surface area contributed by atoms with E-state index in [2.05, 4.69) is 10.0 Å². The van der Waals surface area contributed by atoms with Crippen molar-refractivity contribution in [1.82, 2.24) is 0 Å². The predicted octanol–water partition coefficient (Wildman–Crippen LogP) is 4.54. The van der Waals surface area contributed by atoms with E-state index in [-0.39, 0.29) is 21.2 Å². The van der Waals surface area contributed by atoms with Gasteiger partial charge >= 0.3 is 0 Å². The van der Waals surface area contributed by atoms with Crippen molar-refractivity contribution in [2.75, 3.05) is 17.1 Å². The van der Waals surface area contributed by atoms with Crippen LogP contribution in [0.25, 0.3) is 0 Å². The normalized spacial score (nSPS) is 11.0. The van der Waals surface area contributed by atoms with Crippen molar-refractivity contribution in [3.05, 3.63) is 83.1 Å². The molecule has 0 saturated heterocycles. The lowest BCUT2D eigenvalue weighted by Gasteiger charge is -2.10. The van der Waals surface area contributed by atoms with E-state index in [1.807, 2.05) is 0 Å². The molecule has 1 amide bonds. The molecule has 0 aliphatic carbocycles. The number of sulfonamides is 1. The second-order valence-electron chi connectivity index (χ2n) is 5.94. The molecule has 3 rings (SSSR count). The highest BCUT2D eigenvalue weighted by atomic mass is 35.5. The standard InChI is InChI=1S/C20H16ClFN2O4S/c1-28-16-8-5-14(6-9-16)24-29(26,27)17-4-2-3-13(11-17)20(25)23-15-7-10-19(22)18(21)12-15/h2-12,24H,1H3,(H,23,25). The molecule has 0 heterocycles. The fourth-order valence-corrected chi connectivity index (χ4v) is 3.74. The lowest BCUT2D eigenvalue weighted by atomic mass is 10.2. The Hall–Kier alpha value is -3.10. The Balaban J connectivity index is 1.79. The number of ether oxygens (including phenoxy) is 1. The topological polar surface area (TPSA) is 84.5 Å². The van der Waals surface area contributed by atoms with Crippen molar-refractivity contribution < 1.29 is 22.3 Å². The molecule has 9 heteroatoms. The maximum atomic E-state index is 13.2. The first-order valence-electron chi connectivity index (χ1n) is 8.32. The summed E-state index contributed by atoms with van der Waals surface area (Å²) in [6.07, 6.45) is 0. The van der Waals surface area contributed by atoms with Crippen LogP contribution in [0.15, 0.2) is 71.6 Å². The number of halogens is 2. The Morgan fingerprint density at radius 2 is 1.69 bits per heavy atom. The summed E-state index contributed by atoms with van der Waals surface area (Å²) in [5, 5.41) is 2.41. The molecule has 0 spiro atoms. The van der Waals surface area contributed by atoms with Gasteiger partial charge in [-0.3, -0.25) is 9.52 Å². The number of hydrogen-bond donors (Lipinski definition) is 2. The SMILES string of the molecule is COc1ccc(NS(=O)(=O)c2cccc(C(=O)Nc3ccc(F)c(Cl)c3)c2)cc1. The molecule has 29 heavy (non-hydrogen) atoms. The molecule has 0 bridgehead atoms. The van der Waals surface area contributed by atoms with Crippen LogP contribution in [0.5, 0.6) is 5.75 Å². The first-order chi connectivity index (χ1) is 13.8. The molecular formula is C20H16ClFN2O4S. The van der Waals surface area contributed by atoms with Gasteiger partial charge in [-0.2, -0.15) is 0 Å². The van der Waals surface area contributed by atoms with Crippen LogP contribution in [0.3, 0.4) is 0 Å². The minimum absolute atomic E-state index is 0.0851. The zero-order chi connectivity index (χ0) is 21.0. The van der Waals surface area contributed by atoms with E-state index in [1.54, 1.807) is 24.3 Å². The van der Waals surface area contributed by atoms with Crippen molar-refractivity contribution in [1.29, 1.82) is 0 Å². The van der Waals surface area contributed by atoms with E-state index in [4.69, 9.17) is 16.3 Å². The van der Waals surface area contributed by atoms with Crippen LogP contribution in [0.1, 0.15) is 10.4 Å². The summed E-state index contributed by atoms with van der Waals surface area (Å²) in [6.45, 7) is 0. The van der Waals surface area contributed by atoms with Crippen LogP contribution in [-0.2, 0) is 10.0 Å². The number of nitrogens with one attached hydrogen (secondary N) is 2. The number of benzene rings is 3. The summed E-state index contributed by atoms with van der Waals surface area (Å²) in [6, 6.07) is 15.6. The first kappa shape index (κ1) is 20.6. The van der Waals surface area contributed by atoms with Gasteiger partial charge in [-0.05, 0) is 60.7 Å². The molecule has 6 nitrogen and oxygen atoms in total. The van der Waals surface area contributed by atoms with Gasteiger partial charge in [-0.25, -0.2) is 12.8 Å². The largest absolute Gasteiger partial charge is 0.497 e. The fraction of sp³-hybridized carbons (Fsp3) is 0.0500. The summed E-state index contributed by atoms with van der Waals surface area (Å²) >= 11 is 5.70. The van der Waals surface area contributed by atoms with Gasteiger partial charge in [-0.15, -0.1) is 0 Å². The average Bonchev–Trinajstić information content (AvgIpc) is 2.71. The maximum absolute atomic E-state index is 13.2. The number of carbonyl (C=O) groups is 1. The zero-order valence-electron chi connectivity index (χ0n) is 15.1. The summed E-state index contributed by atoms with van der Waals surface area (Å²) in [5.41, 5.74) is 0.746. The maximum Gasteiger partial charge on any atom is 0.261 e. The van der Waals surface area contributed by atoms with E-state index in [0.29, 0.717) is 11.4 Å². The smallest absolute Gasteiger partial charge is 0.261 e. The van der Waals surface area contributed by atoms with Crippen LogP contribution in [0.4, 0.5) is 15.8 Å². The number of amides is 1. The third-order valence-electron chi connectivity index (χ3n) is 3.93. The monoisotopic (exact) mass is 434 g/mol. The molecule has 3 aromatic carbocycles. The summed E-state index contributed by atoms with van der Waals surface area (Å²) in [5.74, 6) is -0.580. The van der Waals surface area contributed by atoms with Crippen LogP contribution >= 0.6 is 11.6 Å². The molecule has 0 aliphatic heterocycles. The highest BCUT2D eigenvalue weighted by Crippen LogP contribution is 2.22. The highest BCUT2D eigenvalue weighted by molar-refractivity contribution is 7.92. The number of carbonyl (C=O) groups excluding carboxylic acids is 1. The van der Waals surface area contributed by atoms with Gasteiger partial charge in [0.1, 0.15) is 11.6 Å². The number of rotatable bonds is 6. The summed E-state index contributed by atoms with van der Waals surface area (Å²) < 4.78 is 46.0. The molecule has 0 fully saturated rings. The number of hydrogen-bond acceptors (Lipinski definition) is 4. The molecule has 150 valence electrons. The van der Waals surface area contributed by atoms with Crippen molar-refractivity contribution in [2.45, 2.75) is 4.90 Å². The van der Waals surface area contributed by atoms with Gasteiger partial charge in [0.15, 0.2) is 0 Å². The Labute approximate surface area is 172 Å². The van der Waals surface area contributed by atoms with E-state index in [9.17, 15) is 17.6 Å². The molecule has 0 radical (unpaired) electrons. The zero-order valence-corrected chi connectivity index (χ0v) is 16.7. The number of anilines is 2. The summed E-state index contributed by atoms with van der Waals surface area (Å²) in [7, 11) is -2.41. The molecule has 0 saturated carbocycles. The van der Waals surface area contributed by atoms with E-state index in [1.165, 1.54) is 43.5 Å². The third-order valence-corrected chi connectivity index (χ3v) is 5.59. The number of methoxy groups -OCH3 is 1. The van der Waals surface area contributed by atoms with Gasteiger partial charge in [0.05, 0.1) is 17.0 Å². The predicted molar refractivity (Wildman–Crippen MR) is 110 cm³/mol. The van der Waals surface area contributed by atoms with Crippen molar-refractivity contribution in [3.63, 3.8) is 0 Å². The Morgan fingerprint density at radius 1 is 1.00 bits per heavy atom. The van der Waals surface area contributed by atoms with E-state index < -0.39 is 21.7 Å². The molecular weight excluding hydrogens is 419 g/mol. The Kier molecular flexibility index (Phi) is 6.05. The molecule has 0 aliphatic rings. The second-order valence-corrected chi connectivity index (χ2v) is 8.03. The van der Waals surface area contributed by atoms with Gasteiger partial charge < -0.3 is 10.1 Å². The summed E-state index contributed by atoms with van der Waals surface area (Å²) in [4.78, 5) is 12.4. The molecule has 0 unspecified atom stereocenters. The van der Waals surface area contributed by atoms with Gasteiger partial charge in [0.2, 0.25) is 0 Å². The lowest BCUT2D eigenvalue weighted by molar-refractivity contribution is 0.102. The molecule has 3 aromatic rings. The fourth-order valence-electron chi connectivity index (χ4n) is 2.45. The average molecular weight is 435 g/mol. The van der Waals surface area contributed by atoms with Gasteiger partial charge in [-0.1, -0.05) is 17.7 Å². The second kappa shape index (κ2) is 8.50. The quantitative estimate of drug-likeness (QED) is 0.596. The first-order valence-corrected chi connectivity index (χ1v) is 10.2. The third kappa shape index (κ3) is 5.04. The van der Waals surface area contributed by atoms with Crippen LogP contribution in [0, 0.1) is 5.82 Å². The molecule has 0 aromatic heterocycles. The Bertz CT molecular complexity index is 1150. The van der Waals surface area contributed by atoms with Crippen LogP contribution in [-0.4, -0.2) is 21.4 Å². The minimum atomic E-state index is -3.92. The molecule has 0 atom stereocenters. The molecule has 2 N–H and O–H groups in total. The van der Waals surface area contributed by atoms with E-state index >= 15 is 0 Å². The van der Waals surface area contributed by atoms with Crippen molar-refractivity contribution in [2.24, 2.45) is 0 Å². The van der Waals surface area contributed by atoms with Crippen LogP contribution in [0.2, 0.25) is 5.02 Å². The Morgan fingerprint density at radius 3 is 2.34 bits per heavy atom. The van der Waals surface area contributed by atoms with Gasteiger partial charge in [0.25, 0.3) is 15.9 Å². The lowest BCUT2D eigenvalue weighted by Crippen LogP contribution is -2.16. The van der Waals surface area contributed by atoms with Gasteiger partial charge in [0, 0.05) is 16.9 Å². The van der Waals surface area contributed by atoms with E-state index in [0.717, 1.165) is 6.07 Å². The van der Waals surface area contributed by atoms with Crippen molar-refractivity contribution in [3.8, 4) is 5.75 Å².